The number of ether oxygens (including phenoxy) is 1. The smallest absolute Gasteiger partial charge is 0.309 e. The Kier molecular flexibility index (Phi) is 7.71. The van der Waals surface area contributed by atoms with Crippen LogP contribution in [-0.2, 0) is 26.1 Å². The van der Waals surface area contributed by atoms with Crippen molar-refractivity contribution in [2.24, 2.45) is 10.9 Å². The number of likely N-dealkylation sites (tertiary alicyclic amines) is 1. The summed E-state index contributed by atoms with van der Waals surface area (Å²) in [5.74, 6) is 0.638. The monoisotopic (exact) mass is 436 g/mol. The first kappa shape index (κ1) is 22.6. The van der Waals surface area contributed by atoms with Gasteiger partial charge in [0.15, 0.2) is 5.96 Å². The Morgan fingerprint density at radius 1 is 1.13 bits per heavy atom. The number of piperidine rings is 1. The van der Waals surface area contributed by atoms with Gasteiger partial charge in [0.2, 0.25) is 10.0 Å². The van der Waals surface area contributed by atoms with Crippen LogP contribution in [0.15, 0.2) is 34.2 Å². The largest absolute Gasteiger partial charge is 0.466 e. The number of rotatable bonds is 6. The van der Waals surface area contributed by atoms with E-state index < -0.39 is 10.0 Å². The summed E-state index contributed by atoms with van der Waals surface area (Å²) in [5, 5.41) is 3.34. The lowest BCUT2D eigenvalue weighted by atomic mass is 9.97. The molecule has 0 saturated carbocycles. The van der Waals surface area contributed by atoms with Gasteiger partial charge < -0.3 is 15.0 Å². The normalized spacial score (nSPS) is 19.1. The second kappa shape index (κ2) is 10.3. The predicted octanol–water partition coefficient (Wildman–Crippen LogP) is 1.82. The van der Waals surface area contributed by atoms with Crippen molar-refractivity contribution in [2.45, 2.75) is 44.0 Å². The molecule has 0 unspecified atom stereocenters. The number of carbonyl (C=O) groups excluding carboxylic acids is 1. The number of hydrogen-bond acceptors (Lipinski definition) is 5. The summed E-state index contributed by atoms with van der Waals surface area (Å²) in [6, 6.07) is 7.04. The molecule has 0 aliphatic carbocycles. The van der Waals surface area contributed by atoms with Crippen LogP contribution in [0.1, 0.15) is 38.2 Å². The SMILES string of the molecule is CCOC(=O)C1CCN(C(=NC)NCc2ccc(S(=O)(=O)N3CCCC3)cc2)CC1. The van der Waals surface area contributed by atoms with Crippen molar-refractivity contribution >= 4 is 22.0 Å². The minimum absolute atomic E-state index is 0.0376. The fourth-order valence-electron chi connectivity index (χ4n) is 3.96. The van der Waals surface area contributed by atoms with Crippen molar-refractivity contribution in [1.82, 2.24) is 14.5 Å². The van der Waals surface area contributed by atoms with E-state index in [-0.39, 0.29) is 11.9 Å². The molecule has 0 bridgehead atoms. The Labute approximate surface area is 179 Å². The van der Waals surface area contributed by atoms with Crippen LogP contribution in [0.4, 0.5) is 0 Å². The molecule has 166 valence electrons. The van der Waals surface area contributed by atoms with Gasteiger partial charge >= 0.3 is 5.97 Å². The molecule has 2 aliphatic heterocycles. The predicted molar refractivity (Wildman–Crippen MR) is 116 cm³/mol. The van der Waals surface area contributed by atoms with Crippen LogP contribution in [0.5, 0.6) is 0 Å². The number of aliphatic imine (C=N–C) groups is 1. The van der Waals surface area contributed by atoms with Gasteiger partial charge in [0, 0.05) is 39.8 Å². The maximum atomic E-state index is 12.6. The van der Waals surface area contributed by atoms with Gasteiger partial charge in [-0.25, -0.2) is 8.42 Å². The summed E-state index contributed by atoms with van der Waals surface area (Å²) in [6.45, 7) is 5.50. The first-order valence-electron chi connectivity index (χ1n) is 10.7. The van der Waals surface area contributed by atoms with Crippen LogP contribution < -0.4 is 5.32 Å². The van der Waals surface area contributed by atoms with Gasteiger partial charge in [0.05, 0.1) is 17.4 Å². The van der Waals surface area contributed by atoms with E-state index in [9.17, 15) is 13.2 Å². The molecule has 30 heavy (non-hydrogen) atoms. The highest BCUT2D eigenvalue weighted by molar-refractivity contribution is 7.89. The Morgan fingerprint density at radius 3 is 2.33 bits per heavy atom. The standard InChI is InChI=1S/C21H32N4O4S/c1-3-29-20(26)18-10-14-24(15-11-18)21(22-2)23-16-17-6-8-19(9-7-17)30(27,28)25-12-4-5-13-25/h6-9,18H,3-5,10-16H2,1-2H3,(H,22,23). The topological polar surface area (TPSA) is 91.3 Å². The summed E-state index contributed by atoms with van der Waals surface area (Å²) in [4.78, 5) is 18.7. The Morgan fingerprint density at radius 2 is 1.77 bits per heavy atom. The third kappa shape index (κ3) is 5.31. The fourth-order valence-corrected chi connectivity index (χ4v) is 5.47. The molecule has 0 aromatic heterocycles. The van der Waals surface area contributed by atoms with Crippen molar-refractivity contribution < 1.29 is 17.9 Å². The van der Waals surface area contributed by atoms with Crippen LogP contribution in [0, 0.1) is 5.92 Å². The number of carbonyl (C=O) groups is 1. The molecule has 2 heterocycles. The second-order valence-electron chi connectivity index (χ2n) is 7.67. The van der Waals surface area contributed by atoms with E-state index in [1.807, 2.05) is 19.1 Å². The summed E-state index contributed by atoms with van der Waals surface area (Å²) in [7, 11) is -1.64. The van der Waals surface area contributed by atoms with E-state index in [1.54, 1.807) is 23.5 Å². The van der Waals surface area contributed by atoms with Gasteiger partial charge in [-0.3, -0.25) is 9.79 Å². The first-order chi connectivity index (χ1) is 14.5. The second-order valence-corrected chi connectivity index (χ2v) is 9.61. The van der Waals surface area contributed by atoms with Crippen molar-refractivity contribution in [2.75, 3.05) is 39.8 Å². The average molecular weight is 437 g/mol. The first-order valence-corrected chi connectivity index (χ1v) is 12.1. The molecular weight excluding hydrogens is 404 g/mol. The van der Waals surface area contributed by atoms with E-state index in [1.165, 1.54) is 0 Å². The van der Waals surface area contributed by atoms with Gasteiger partial charge in [0.1, 0.15) is 0 Å². The van der Waals surface area contributed by atoms with Crippen LogP contribution >= 0.6 is 0 Å². The molecule has 1 aromatic rings. The van der Waals surface area contributed by atoms with E-state index >= 15 is 0 Å². The van der Waals surface area contributed by atoms with Gasteiger partial charge in [-0.2, -0.15) is 4.31 Å². The number of hydrogen-bond donors (Lipinski definition) is 1. The molecule has 1 aromatic carbocycles. The maximum Gasteiger partial charge on any atom is 0.309 e. The zero-order valence-corrected chi connectivity index (χ0v) is 18.7. The summed E-state index contributed by atoms with van der Waals surface area (Å²) < 4.78 is 31.9. The Hall–Kier alpha value is -2.13. The number of sulfonamides is 1. The van der Waals surface area contributed by atoms with Gasteiger partial charge in [-0.1, -0.05) is 12.1 Å². The Bertz CT molecular complexity index is 840. The van der Waals surface area contributed by atoms with Crippen molar-refractivity contribution in [3.63, 3.8) is 0 Å². The minimum atomic E-state index is -3.38. The molecule has 3 rings (SSSR count). The van der Waals surface area contributed by atoms with E-state index in [0.717, 1.165) is 50.3 Å². The lowest BCUT2D eigenvalue weighted by Gasteiger charge is -2.33. The molecule has 2 saturated heterocycles. The van der Waals surface area contributed by atoms with Crippen molar-refractivity contribution in [3.8, 4) is 0 Å². The minimum Gasteiger partial charge on any atom is -0.466 e. The zero-order chi connectivity index (χ0) is 21.6. The summed E-state index contributed by atoms with van der Waals surface area (Å²) in [6.07, 6.45) is 3.36. The number of nitrogens with zero attached hydrogens (tertiary/aromatic N) is 3. The van der Waals surface area contributed by atoms with E-state index in [4.69, 9.17) is 4.74 Å². The number of benzene rings is 1. The zero-order valence-electron chi connectivity index (χ0n) is 17.8. The summed E-state index contributed by atoms with van der Waals surface area (Å²) >= 11 is 0. The maximum absolute atomic E-state index is 12.6. The lowest BCUT2D eigenvalue weighted by molar-refractivity contribution is -0.149. The highest BCUT2D eigenvalue weighted by Gasteiger charge is 2.28. The molecule has 2 aliphatic rings. The number of guanidine groups is 1. The van der Waals surface area contributed by atoms with Crippen molar-refractivity contribution in [3.05, 3.63) is 29.8 Å². The molecule has 0 amide bonds. The lowest BCUT2D eigenvalue weighted by Crippen LogP contribution is -2.46. The highest BCUT2D eigenvalue weighted by Crippen LogP contribution is 2.21. The van der Waals surface area contributed by atoms with E-state index in [2.05, 4.69) is 15.2 Å². The highest BCUT2D eigenvalue weighted by atomic mass is 32.2. The third-order valence-electron chi connectivity index (χ3n) is 5.70. The summed E-state index contributed by atoms with van der Waals surface area (Å²) in [5.41, 5.74) is 0.984. The van der Waals surface area contributed by atoms with Gasteiger partial charge in [-0.05, 0) is 50.3 Å². The molecule has 0 spiro atoms. The van der Waals surface area contributed by atoms with Crippen LogP contribution in [0.2, 0.25) is 0 Å². The molecule has 0 atom stereocenters. The van der Waals surface area contributed by atoms with Crippen LogP contribution in [0.3, 0.4) is 0 Å². The number of esters is 1. The average Bonchev–Trinajstić information content (AvgIpc) is 3.31. The molecule has 2 fully saturated rings. The quantitative estimate of drug-likeness (QED) is 0.416. The molecule has 0 radical (unpaired) electrons. The number of nitrogens with one attached hydrogen (secondary N) is 1. The van der Waals surface area contributed by atoms with E-state index in [0.29, 0.717) is 31.1 Å². The third-order valence-corrected chi connectivity index (χ3v) is 7.62. The van der Waals surface area contributed by atoms with Crippen LogP contribution in [-0.4, -0.2) is 69.4 Å². The molecule has 8 nitrogen and oxygen atoms in total. The van der Waals surface area contributed by atoms with Gasteiger partial charge in [0.25, 0.3) is 0 Å². The molecule has 1 N–H and O–H groups in total. The molecular formula is C21H32N4O4S. The fraction of sp³-hybridized carbons (Fsp3) is 0.619. The van der Waals surface area contributed by atoms with Crippen molar-refractivity contribution in [1.29, 1.82) is 0 Å². The van der Waals surface area contributed by atoms with Crippen LogP contribution in [0.25, 0.3) is 0 Å². The Balaban J connectivity index is 1.52. The molecule has 9 heteroatoms. The van der Waals surface area contributed by atoms with Gasteiger partial charge in [-0.15, -0.1) is 0 Å².